The molecule has 0 radical (unpaired) electrons. The number of hydrogen-bond donors (Lipinski definition) is 3. The van der Waals surface area contributed by atoms with Crippen LogP contribution in [0, 0.1) is 5.92 Å². The van der Waals surface area contributed by atoms with E-state index in [2.05, 4.69) is 6.92 Å². The van der Waals surface area contributed by atoms with Gasteiger partial charge in [0.2, 0.25) is 0 Å². The van der Waals surface area contributed by atoms with Gasteiger partial charge in [0, 0.05) is 17.4 Å². The van der Waals surface area contributed by atoms with Gasteiger partial charge < -0.3 is 20.1 Å². The molecule has 0 aliphatic carbocycles. The summed E-state index contributed by atoms with van der Waals surface area (Å²) in [5.74, 6) is 0.708. The SMILES string of the molecule is CCCC(CCCCCCCCCC1c2ccc(O)cc2OCC1(C)c1ccc(O)cc1)C(=O)O. The standard InChI is InChI=1S/C30H42O5/c1-3-11-22(29(33)34)12-9-7-5-4-6-8-10-13-27-26-19-18-25(32)20-28(26)35-21-30(27,2)23-14-16-24(31)17-15-23/h14-20,22,27,31-32H,3-13,21H2,1-2H3,(H,33,34). The zero-order valence-electron chi connectivity index (χ0n) is 21.3. The van der Waals surface area contributed by atoms with E-state index in [1.807, 2.05) is 25.1 Å². The van der Waals surface area contributed by atoms with Crippen LogP contribution in [0.5, 0.6) is 17.2 Å². The van der Waals surface area contributed by atoms with E-state index in [-0.39, 0.29) is 28.7 Å². The molecule has 1 aliphatic heterocycles. The highest BCUT2D eigenvalue weighted by molar-refractivity contribution is 5.69. The summed E-state index contributed by atoms with van der Waals surface area (Å²) in [5.41, 5.74) is 2.09. The van der Waals surface area contributed by atoms with Crippen LogP contribution in [0.1, 0.15) is 102 Å². The van der Waals surface area contributed by atoms with E-state index in [9.17, 15) is 20.1 Å². The Bertz CT molecular complexity index is 938. The molecule has 1 aliphatic rings. The molecule has 0 saturated carbocycles. The average Bonchev–Trinajstić information content (AvgIpc) is 2.83. The minimum atomic E-state index is -0.643. The van der Waals surface area contributed by atoms with E-state index in [0.29, 0.717) is 6.61 Å². The first kappa shape index (κ1) is 26.9. The van der Waals surface area contributed by atoms with Crippen LogP contribution in [0.25, 0.3) is 0 Å². The van der Waals surface area contributed by atoms with E-state index in [1.54, 1.807) is 24.3 Å². The van der Waals surface area contributed by atoms with Crippen molar-refractivity contribution in [2.75, 3.05) is 6.61 Å². The fourth-order valence-electron chi connectivity index (χ4n) is 5.57. The van der Waals surface area contributed by atoms with Crippen molar-refractivity contribution in [3.05, 3.63) is 53.6 Å². The monoisotopic (exact) mass is 482 g/mol. The number of rotatable bonds is 14. The highest BCUT2D eigenvalue weighted by Gasteiger charge is 2.42. The lowest BCUT2D eigenvalue weighted by molar-refractivity contribution is -0.142. The van der Waals surface area contributed by atoms with Gasteiger partial charge in [-0.05, 0) is 48.6 Å². The number of unbranched alkanes of at least 4 members (excludes halogenated alkanes) is 6. The van der Waals surface area contributed by atoms with Gasteiger partial charge in [-0.1, -0.05) is 83.4 Å². The number of phenolic OH excluding ortho intramolecular Hbond substituents is 2. The molecule has 1 heterocycles. The van der Waals surface area contributed by atoms with Crippen molar-refractivity contribution in [3.8, 4) is 17.2 Å². The van der Waals surface area contributed by atoms with Crippen LogP contribution in [0.4, 0.5) is 0 Å². The molecule has 5 nitrogen and oxygen atoms in total. The Hall–Kier alpha value is -2.69. The summed E-state index contributed by atoms with van der Waals surface area (Å²) in [6.45, 7) is 4.82. The number of carbonyl (C=O) groups is 1. The van der Waals surface area contributed by atoms with Crippen molar-refractivity contribution in [2.24, 2.45) is 5.92 Å². The Morgan fingerprint density at radius 2 is 1.57 bits per heavy atom. The van der Waals surface area contributed by atoms with Crippen molar-refractivity contribution in [1.29, 1.82) is 0 Å². The first-order chi connectivity index (χ1) is 16.8. The number of carboxylic acids is 1. The van der Waals surface area contributed by atoms with Crippen LogP contribution < -0.4 is 4.74 Å². The Labute approximate surface area is 210 Å². The van der Waals surface area contributed by atoms with Gasteiger partial charge in [-0.25, -0.2) is 0 Å². The fraction of sp³-hybridized carbons (Fsp3) is 0.567. The highest BCUT2D eigenvalue weighted by atomic mass is 16.5. The van der Waals surface area contributed by atoms with Gasteiger partial charge in [0.25, 0.3) is 0 Å². The van der Waals surface area contributed by atoms with Crippen LogP contribution in [-0.4, -0.2) is 27.9 Å². The maximum Gasteiger partial charge on any atom is 0.306 e. The molecule has 192 valence electrons. The third kappa shape index (κ3) is 7.16. The van der Waals surface area contributed by atoms with Crippen molar-refractivity contribution in [3.63, 3.8) is 0 Å². The molecule has 2 aromatic carbocycles. The molecule has 0 bridgehead atoms. The predicted octanol–water partition coefficient (Wildman–Crippen LogP) is 7.54. The molecular formula is C30H42O5. The Kier molecular flexibility index (Phi) is 9.88. The molecule has 0 fully saturated rings. The van der Waals surface area contributed by atoms with E-state index < -0.39 is 5.97 Å². The molecule has 3 atom stereocenters. The van der Waals surface area contributed by atoms with Crippen LogP contribution in [0.3, 0.4) is 0 Å². The van der Waals surface area contributed by atoms with E-state index in [1.165, 1.54) is 25.7 Å². The van der Waals surface area contributed by atoms with E-state index in [4.69, 9.17) is 4.74 Å². The molecule has 5 heteroatoms. The second-order valence-electron chi connectivity index (χ2n) is 10.4. The minimum absolute atomic E-state index is 0.174. The first-order valence-electron chi connectivity index (χ1n) is 13.3. The van der Waals surface area contributed by atoms with Crippen molar-refractivity contribution in [2.45, 2.75) is 95.8 Å². The molecular weight excluding hydrogens is 440 g/mol. The molecule has 0 spiro atoms. The van der Waals surface area contributed by atoms with Crippen LogP contribution in [0.2, 0.25) is 0 Å². The number of aliphatic carboxylic acids is 1. The number of ether oxygens (including phenoxy) is 1. The summed E-state index contributed by atoms with van der Waals surface area (Å²) in [7, 11) is 0. The van der Waals surface area contributed by atoms with Gasteiger partial charge in [-0.3, -0.25) is 4.79 Å². The molecule has 3 rings (SSSR count). The molecule has 3 N–H and O–H groups in total. The first-order valence-corrected chi connectivity index (χ1v) is 13.3. The van der Waals surface area contributed by atoms with E-state index in [0.717, 1.165) is 61.8 Å². The third-order valence-electron chi connectivity index (χ3n) is 7.73. The van der Waals surface area contributed by atoms with Gasteiger partial charge in [-0.2, -0.15) is 0 Å². The van der Waals surface area contributed by atoms with Gasteiger partial charge in [0.15, 0.2) is 0 Å². The van der Waals surface area contributed by atoms with E-state index >= 15 is 0 Å². The maximum absolute atomic E-state index is 11.3. The topological polar surface area (TPSA) is 87.0 Å². The number of aromatic hydroxyl groups is 2. The zero-order valence-corrected chi connectivity index (χ0v) is 21.3. The summed E-state index contributed by atoms with van der Waals surface area (Å²) in [6, 6.07) is 12.9. The van der Waals surface area contributed by atoms with Crippen LogP contribution in [-0.2, 0) is 10.2 Å². The van der Waals surface area contributed by atoms with Crippen LogP contribution in [0.15, 0.2) is 42.5 Å². The maximum atomic E-state index is 11.3. The second kappa shape index (κ2) is 12.9. The smallest absolute Gasteiger partial charge is 0.306 e. The lowest BCUT2D eigenvalue weighted by Crippen LogP contribution is -2.40. The third-order valence-corrected chi connectivity index (χ3v) is 7.73. The van der Waals surface area contributed by atoms with Gasteiger partial charge in [-0.15, -0.1) is 0 Å². The molecule has 0 amide bonds. The fourth-order valence-corrected chi connectivity index (χ4v) is 5.57. The molecule has 2 aromatic rings. The van der Waals surface area contributed by atoms with Gasteiger partial charge in [0.1, 0.15) is 17.2 Å². The summed E-state index contributed by atoms with van der Waals surface area (Å²) < 4.78 is 6.10. The Balaban J connectivity index is 1.50. The quantitative estimate of drug-likeness (QED) is 0.242. The van der Waals surface area contributed by atoms with Crippen molar-refractivity contribution in [1.82, 2.24) is 0 Å². The molecule has 3 unspecified atom stereocenters. The predicted molar refractivity (Wildman–Crippen MR) is 139 cm³/mol. The molecule has 0 aromatic heterocycles. The summed E-state index contributed by atoms with van der Waals surface area (Å²) in [4.78, 5) is 11.3. The van der Waals surface area contributed by atoms with Gasteiger partial charge in [0.05, 0.1) is 12.5 Å². The second-order valence-corrected chi connectivity index (χ2v) is 10.4. The number of carboxylic acid groups (broad SMARTS) is 1. The zero-order chi connectivity index (χ0) is 25.3. The van der Waals surface area contributed by atoms with Crippen LogP contribution >= 0.6 is 0 Å². The lowest BCUT2D eigenvalue weighted by atomic mass is 9.66. The number of benzene rings is 2. The average molecular weight is 483 g/mol. The lowest BCUT2D eigenvalue weighted by Gasteiger charge is -2.43. The Morgan fingerprint density at radius 3 is 2.23 bits per heavy atom. The number of phenols is 2. The van der Waals surface area contributed by atoms with Crippen molar-refractivity contribution >= 4 is 5.97 Å². The summed E-state index contributed by atoms with van der Waals surface area (Å²) >= 11 is 0. The Morgan fingerprint density at radius 1 is 0.943 bits per heavy atom. The number of hydrogen-bond acceptors (Lipinski definition) is 4. The molecule has 35 heavy (non-hydrogen) atoms. The van der Waals surface area contributed by atoms with Gasteiger partial charge >= 0.3 is 5.97 Å². The highest BCUT2D eigenvalue weighted by Crippen LogP contribution is 2.49. The van der Waals surface area contributed by atoms with Crippen molar-refractivity contribution < 1.29 is 24.9 Å². The minimum Gasteiger partial charge on any atom is -0.508 e. The summed E-state index contributed by atoms with van der Waals surface area (Å²) in [6.07, 6.45) is 11.5. The number of fused-ring (bicyclic) bond motifs is 1. The largest absolute Gasteiger partial charge is 0.508 e. The summed E-state index contributed by atoms with van der Waals surface area (Å²) in [5, 5.41) is 29.0. The normalized spacial score (nSPS) is 20.1. The molecule has 0 saturated heterocycles.